The first-order valence-corrected chi connectivity index (χ1v) is 7.72. The van der Waals surface area contributed by atoms with Crippen molar-refractivity contribution in [2.24, 2.45) is 0 Å². The van der Waals surface area contributed by atoms with E-state index in [1.165, 1.54) is 22.6 Å². The fourth-order valence-electron chi connectivity index (χ4n) is 3.04. The molecule has 0 aliphatic carbocycles. The van der Waals surface area contributed by atoms with Gasteiger partial charge >= 0.3 is 0 Å². The molecular formula is C17H23N3O. The molecule has 0 amide bonds. The number of para-hydroxylation sites is 1. The van der Waals surface area contributed by atoms with E-state index >= 15 is 0 Å². The highest BCUT2D eigenvalue weighted by atomic mass is 16.5. The predicted octanol–water partition coefficient (Wildman–Crippen LogP) is 2.27. The summed E-state index contributed by atoms with van der Waals surface area (Å²) in [5.41, 5.74) is 5.17. The van der Waals surface area contributed by atoms with Crippen molar-refractivity contribution in [1.82, 2.24) is 14.9 Å². The van der Waals surface area contributed by atoms with Crippen molar-refractivity contribution >= 4 is 0 Å². The number of nitrogens with zero attached hydrogens (tertiary/aromatic N) is 2. The summed E-state index contributed by atoms with van der Waals surface area (Å²) in [6.45, 7) is 4.84. The third kappa shape index (κ3) is 2.74. The molecule has 0 radical (unpaired) electrons. The Balaban J connectivity index is 2.09. The molecule has 1 aliphatic heterocycles. The number of ether oxygens (including phenoxy) is 1. The second-order valence-electron chi connectivity index (χ2n) is 5.41. The summed E-state index contributed by atoms with van der Waals surface area (Å²) in [4.78, 5) is 4.84. The molecule has 21 heavy (non-hydrogen) atoms. The average Bonchev–Trinajstić information content (AvgIpc) is 2.91. The SMILES string of the molecule is CCc1nc2c(n1-c1ccccc1CCOC)CCNC2. The Kier molecular flexibility index (Phi) is 4.36. The van der Waals surface area contributed by atoms with Gasteiger partial charge in [0.15, 0.2) is 0 Å². The molecule has 112 valence electrons. The van der Waals surface area contributed by atoms with Crippen molar-refractivity contribution in [2.45, 2.75) is 32.7 Å². The Bertz CT molecular complexity index is 618. The standard InChI is InChI=1S/C17H23N3O/c1-3-17-19-14-12-18-10-8-16(14)20(17)15-7-5-4-6-13(15)9-11-21-2/h4-7,18H,3,8-12H2,1-2H3. The quantitative estimate of drug-likeness (QED) is 0.916. The van der Waals surface area contributed by atoms with Gasteiger partial charge in [0.1, 0.15) is 5.82 Å². The number of imidazole rings is 1. The van der Waals surface area contributed by atoms with Crippen LogP contribution in [0, 0.1) is 0 Å². The van der Waals surface area contributed by atoms with Crippen LogP contribution in [0.3, 0.4) is 0 Å². The van der Waals surface area contributed by atoms with Gasteiger partial charge < -0.3 is 14.6 Å². The first kappa shape index (κ1) is 14.3. The van der Waals surface area contributed by atoms with Crippen LogP contribution in [0.2, 0.25) is 0 Å². The van der Waals surface area contributed by atoms with E-state index in [4.69, 9.17) is 9.72 Å². The number of fused-ring (bicyclic) bond motifs is 1. The van der Waals surface area contributed by atoms with Gasteiger partial charge in [0.25, 0.3) is 0 Å². The fraction of sp³-hybridized carbons (Fsp3) is 0.471. The van der Waals surface area contributed by atoms with Crippen molar-refractivity contribution < 1.29 is 4.74 Å². The number of aromatic nitrogens is 2. The Morgan fingerprint density at radius 2 is 2.19 bits per heavy atom. The van der Waals surface area contributed by atoms with Crippen LogP contribution in [0.25, 0.3) is 5.69 Å². The van der Waals surface area contributed by atoms with Gasteiger partial charge in [-0.05, 0) is 18.1 Å². The number of hydrogen-bond acceptors (Lipinski definition) is 3. The third-order valence-corrected chi connectivity index (χ3v) is 4.08. The van der Waals surface area contributed by atoms with Gasteiger partial charge in [0, 0.05) is 38.7 Å². The van der Waals surface area contributed by atoms with Gasteiger partial charge in [-0.25, -0.2) is 4.98 Å². The van der Waals surface area contributed by atoms with E-state index in [-0.39, 0.29) is 0 Å². The van der Waals surface area contributed by atoms with Gasteiger partial charge in [0.2, 0.25) is 0 Å². The van der Waals surface area contributed by atoms with Crippen LogP contribution in [0.1, 0.15) is 29.7 Å². The number of hydrogen-bond donors (Lipinski definition) is 1. The maximum Gasteiger partial charge on any atom is 0.113 e. The van der Waals surface area contributed by atoms with E-state index in [0.29, 0.717) is 0 Å². The molecule has 0 atom stereocenters. The number of nitrogens with one attached hydrogen (secondary N) is 1. The molecule has 0 saturated carbocycles. The van der Waals surface area contributed by atoms with Crippen LogP contribution in [0.5, 0.6) is 0 Å². The van der Waals surface area contributed by atoms with Crippen LogP contribution in [0.4, 0.5) is 0 Å². The lowest BCUT2D eigenvalue weighted by molar-refractivity contribution is 0.202. The van der Waals surface area contributed by atoms with Crippen molar-refractivity contribution in [3.63, 3.8) is 0 Å². The zero-order valence-electron chi connectivity index (χ0n) is 12.9. The van der Waals surface area contributed by atoms with Gasteiger partial charge in [0.05, 0.1) is 18.0 Å². The average molecular weight is 285 g/mol. The molecule has 4 nitrogen and oxygen atoms in total. The molecule has 1 aliphatic rings. The minimum Gasteiger partial charge on any atom is -0.384 e. The molecule has 0 fully saturated rings. The molecule has 0 spiro atoms. The third-order valence-electron chi connectivity index (χ3n) is 4.08. The normalized spacial score (nSPS) is 14.2. The van der Waals surface area contributed by atoms with Crippen molar-refractivity contribution in [3.05, 3.63) is 47.0 Å². The van der Waals surface area contributed by atoms with Crippen LogP contribution < -0.4 is 5.32 Å². The molecule has 2 heterocycles. The summed E-state index contributed by atoms with van der Waals surface area (Å²) in [5, 5.41) is 3.41. The zero-order chi connectivity index (χ0) is 14.7. The van der Waals surface area contributed by atoms with Crippen molar-refractivity contribution in [2.75, 3.05) is 20.3 Å². The topological polar surface area (TPSA) is 39.1 Å². The highest BCUT2D eigenvalue weighted by molar-refractivity contribution is 5.45. The Morgan fingerprint density at radius 1 is 1.33 bits per heavy atom. The molecule has 0 unspecified atom stereocenters. The summed E-state index contributed by atoms with van der Waals surface area (Å²) in [6, 6.07) is 8.61. The highest BCUT2D eigenvalue weighted by Gasteiger charge is 2.21. The fourth-order valence-corrected chi connectivity index (χ4v) is 3.04. The summed E-state index contributed by atoms with van der Waals surface area (Å²) in [7, 11) is 1.75. The van der Waals surface area contributed by atoms with E-state index in [2.05, 4.69) is 41.1 Å². The minimum absolute atomic E-state index is 0.747. The van der Waals surface area contributed by atoms with Crippen LogP contribution >= 0.6 is 0 Å². The van der Waals surface area contributed by atoms with Gasteiger partial charge in [-0.2, -0.15) is 0 Å². The smallest absolute Gasteiger partial charge is 0.113 e. The van der Waals surface area contributed by atoms with E-state index in [0.717, 1.165) is 44.8 Å². The lowest BCUT2D eigenvalue weighted by atomic mass is 10.1. The molecule has 0 saturated heterocycles. The Labute approximate surface area is 126 Å². The maximum absolute atomic E-state index is 5.25. The zero-order valence-corrected chi connectivity index (χ0v) is 12.9. The van der Waals surface area contributed by atoms with E-state index < -0.39 is 0 Å². The number of aryl methyl sites for hydroxylation is 1. The van der Waals surface area contributed by atoms with E-state index in [1.54, 1.807) is 7.11 Å². The van der Waals surface area contributed by atoms with Crippen LogP contribution in [0.15, 0.2) is 24.3 Å². The predicted molar refractivity (Wildman–Crippen MR) is 83.9 cm³/mol. The molecule has 0 bridgehead atoms. The van der Waals surface area contributed by atoms with Crippen LogP contribution in [-0.2, 0) is 30.5 Å². The Morgan fingerprint density at radius 3 is 3.00 bits per heavy atom. The molecular weight excluding hydrogens is 262 g/mol. The second kappa shape index (κ2) is 6.41. The maximum atomic E-state index is 5.25. The Hall–Kier alpha value is -1.65. The molecule has 1 N–H and O–H groups in total. The summed E-state index contributed by atoms with van der Waals surface area (Å²) < 4.78 is 7.63. The monoisotopic (exact) mass is 285 g/mol. The summed E-state index contributed by atoms with van der Waals surface area (Å²) >= 11 is 0. The number of rotatable bonds is 5. The first-order valence-electron chi connectivity index (χ1n) is 7.72. The van der Waals surface area contributed by atoms with Gasteiger partial charge in [-0.15, -0.1) is 0 Å². The number of methoxy groups -OCH3 is 1. The van der Waals surface area contributed by atoms with E-state index in [1.807, 2.05) is 0 Å². The van der Waals surface area contributed by atoms with Crippen molar-refractivity contribution in [1.29, 1.82) is 0 Å². The minimum atomic E-state index is 0.747. The molecule has 2 aromatic rings. The first-order chi connectivity index (χ1) is 10.3. The summed E-state index contributed by atoms with van der Waals surface area (Å²) in [6.07, 6.45) is 2.92. The van der Waals surface area contributed by atoms with Crippen molar-refractivity contribution in [3.8, 4) is 5.69 Å². The molecule has 1 aromatic heterocycles. The van der Waals surface area contributed by atoms with Crippen LogP contribution in [-0.4, -0.2) is 29.8 Å². The molecule has 1 aromatic carbocycles. The largest absolute Gasteiger partial charge is 0.384 e. The highest BCUT2D eigenvalue weighted by Crippen LogP contribution is 2.24. The lowest BCUT2D eigenvalue weighted by Gasteiger charge is -2.18. The van der Waals surface area contributed by atoms with Gasteiger partial charge in [-0.3, -0.25) is 0 Å². The van der Waals surface area contributed by atoms with Gasteiger partial charge in [-0.1, -0.05) is 25.1 Å². The molecule has 4 heteroatoms. The number of benzene rings is 1. The molecule has 3 rings (SSSR count). The van der Waals surface area contributed by atoms with E-state index in [9.17, 15) is 0 Å². The lowest BCUT2D eigenvalue weighted by Crippen LogP contribution is -2.25. The second-order valence-corrected chi connectivity index (χ2v) is 5.41. The summed E-state index contributed by atoms with van der Waals surface area (Å²) in [5.74, 6) is 1.16.